The first-order valence-electron chi connectivity index (χ1n) is 7.74. The van der Waals surface area contributed by atoms with Gasteiger partial charge in [0.15, 0.2) is 0 Å². The van der Waals surface area contributed by atoms with Gasteiger partial charge in [-0.15, -0.1) is 11.3 Å². The van der Waals surface area contributed by atoms with Gasteiger partial charge in [0, 0.05) is 12.1 Å². The van der Waals surface area contributed by atoms with Crippen LogP contribution in [0.15, 0.2) is 46.9 Å². The fraction of sp³-hybridized carbons (Fsp3) is 0.278. The van der Waals surface area contributed by atoms with Gasteiger partial charge in [0.05, 0.1) is 10.6 Å². The highest BCUT2D eigenvalue weighted by Crippen LogP contribution is 2.15. The molecule has 24 heavy (non-hydrogen) atoms. The van der Waals surface area contributed by atoms with Crippen LogP contribution in [0.2, 0.25) is 0 Å². The maximum Gasteiger partial charge on any atom is 0.265 e. The predicted octanol–water partition coefficient (Wildman–Crippen LogP) is 3.89. The summed E-state index contributed by atoms with van der Waals surface area (Å²) in [5.74, 6) is 0.0461. The number of hydrogen-bond acceptors (Lipinski definition) is 4. The molecule has 2 N–H and O–H groups in total. The number of anilines is 1. The van der Waals surface area contributed by atoms with Crippen LogP contribution in [0.4, 0.5) is 5.69 Å². The second-order valence-corrected chi connectivity index (χ2v) is 6.79. The number of hydrogen-bond donors (Lipinski definition) is 2. The predicted molar refractivity (Wildman–Crippen MR) is 98.5 cm³/mol. The Hall–Kier alpha value is -2.47. The summed E-state index contributed by atoms with van der Waals surface area (Å²) < 4.78 is 0. The van der Waals surface area contributed by atoms with E-state index in [4.69, 9.17) is 0 Å². The molecule has 0 aliphatic rings. The molecule has 2 aromatic rings. The molecule has 0 radical (unpaired) electrons. The maximum atomic E-state index is 12.1. The highest BCUT2D eigenvalue weighted by molar-refractivity contribution is 7.12. The van der Waals surface area contributed by atoms with Crippen molar-refractivity contribution in [3.8, 4) is 0 Å². The number of thiophene rings is 1. The van der Waals surface area contributed by atoms with E-state index in [0.717, 1.165) is 5.56 Å². The Balaban J connectivity index is 2.03. The summed E-state index contributed by atoms with van der Waals surface area (Å²) in [5.41, 5.74) is 4.76. The van der Waals surface area contributed by atoms with Gasteiger partial charge in [-0.3, -0.25) is 9.59 Å². The van der Waals surface area contributed by atoms with Gasteiger partial charge in [0.1, 0.15) is 0 Å². The van der Waals surface area contributed by atoms with Crippen LogP contribution in [0.5, 0.6) is 0 Å². The Morgan fingerprint density at radius 3 is 2.67 bits per heavy atom. The molecular weight excluding hydrogens is 322 g/mol. The van der Waals surface area contributed by atoms with Crippen LogP contribution in [0.25, 0.3) is 0 Å². The minimum atomic E-state index is -0.137. The molecular formula is C18H21N3O2S. The summed E-state index contributed by atoms with van der Waals surface area (Å²) in [7, 11) is 0. The molecule has 0 bridgehead atoms. The van der Waals surface area contributed by atoms with Crippen LogP contribution >= 0.6 is 11.3 Å². The monoisotopic (exact) mass is 343 g/mol. The molecule has 126 valence electrons. The number of carbonyl (C=O) groups excluding carboxylic acids is 2. The van der Waals surface area contributed by atoms with E-state index >= 15 is 0 Å². The first-order valence-corrected chi connectivity index (χ1v) is 8.62. The molecule has 0 saturated carbocycles. The van der Waals surface area contributed by atoms with Crippen molar-refractivity contribution in [1.29, 1.82) is 0 Å². The van der Waals surface area contributed by atoms with Crippen molar-refractivity contribution in [3.05, 3.63) is 52.2 Å². The standard InChI is InChI=1S/C18H21N3O2S/c1-12(2)10-17(22)21-20-13(3)14-6-4-7-15(11-14)19-18(23)16-8-5-9-24-16/h4-9,11-12H,10H2,1-3H3,(H,19,23)(H,21,22). The number of benzene rings is 1. The van der Waals surface area contributed by atoms with Crippen molar-refractivity contribution in [2.45, 2.75) is 27.2 Å². The summed E-state index contributed by atoms with van der Waals surface area (Å²) in [5, 5.41) is 8.85. The third kappa shape index (κ3) is 5.31. The third-order valence-electron chi connectivity index (χ3n) is 3.23. The fourth-order valence-electron chi connectivity index (χ4n) is 2.05. The minimum Gasteiger partial charge on any atom is -0.321 e. The van der Waals surface area contributed by atoms with Crippen LogP contribution in [0.1, 0.15) is 42.4 Å². The molecule has 0 unspecified atom stereocenters. The lowest BCUT2D eigenvalue weighted by atomic mass is 10.1. The Morgan fingerprint density at radius 1 is 1.21 bits per heavy atom. The average molecular weight is 343 g/mol. The van der Waals surface area contributed by atoms with Gasteiger partial charge in [0.2, 0.25) is 5.91 Å². The Bertz CT molecular complexity index is 736. The van der Waals surface area contributed by atoms with Crippen molar-refractivity contribution >= 4 is 34.6 Å². The first kappa shape index (κ1) is 17.9. The van der Waals surface area contributed by atoms with Crippen LogP contribution in [-0.4, -0.2) is 17.5 Å². The normalized spacial score (nSPS) is 11.4. The molecule has 0 spiro atoms. The van der Waals surface area contributed by atoms with Crippen molar-refractivity contribution < 1.29 is 9.59 Å². The van der Waals surface area contributed by atoms with Gasteiger partial charge in [-0.25, -0.2) is 5.43 Å². The molecule has 0 saturated heterocycles. The highest BCUT2D eigenvalue weighted by atomic mass is 32.1. The Labute approximate surface area is 145 Å². The summed E-state index contributed by atoms with van der Waals surface area (Å²) in [6.07, 6.45) is 0.438. The van der Waals surface area contributed by atoms with Gasteiger partial charge in [-0.05, 0) is 42.0 Å². The van der Waals surface area contributed by atoms with Gasteiger partial charge in [-0.2, -0.15) is 5.10 Å². The molecule has 0 aliphatic carbocycles. The van der Waals surface area contributed by atoms with Crippen LogP contribution in [-0.2, 0) is 4.79 Å². The minimum absolute atomic E-state index is 0.105. The van der Waals surface area contributed by atoms with Crippen molar-refractivity contribution in [2.75, 3.05) is 5.32 Å². The number of nitrogens with one attached hydrogen (secondary N) is 2. The zero-order valence-corrected chi connectivity index (χ0v) is 14.8. The van der Waals surface area contributed by atoms with E-state index in [0.29, 0.717) is 22.7 Å². The van der Waals surface area contributed by atoms with Gasteiger partial charge in [-0.1, -0.05) is 32.0 Å². The molecule has 0 aliphatic heterocycles. The van der Waals surface area contributed by atoms with Crippen molar-refractivity contribution in [2.24, 2.45) is 11.0 Å². The first-order chi connectivity index (χ1) is 11.5. The molecule has 0 atom stereocenters. The summed E-state index contributed by atoms with van der Waals surface area (Å²) >= 11 is 1.39. The zero-order chi connectivity index (χ0) is 17.5. The van der Waals surface area contributed by atoms with Crippen molar-refractivity contribution in [3.63, 3.8) is 0 Å². The molecule has 0 fully saturated rings. The Kier molecular flexibility index (Phi) is 6.26. The largest absolute Gasteiger partial charge is 0.321 e. The second-order valence-electron chi connectivity index (χ2n) is 5.84. The fourth-order valence-corrected chi connectivity index (χ4v) is 2.67. The topological polar surface area (TPSA) is 70.6 Å². The van der Waals surface area contributed by atoms with E-state index < -0.39 is 0 Å². The zero-order valence-electron chi connectivity index (χ0n) is 14.0. The summed E-state index contributed by atoms with van der Waals surface area (Å²) in [6, 6.07) is 11.0. The molecule has 1 aromatic heterocycles. The van der Waals surface area contributed by atoms with Crippen molar-refractivity contribution in [1.82, 2.24) is 5.43 Å². The number of amides is 2. The van der Waals surface area contributed by atoms with E-state index in [1.54, 1.807) is 6.07 Å². The maximum absolute atomic E-state index is 12.1. The lowest BCUT2D eigenvalue weighted by molar-refractivity contribution is -0.121. The van der Waals surface area contributed by atoms with E-state index in [1.165, 1.54) is 11.3 Å². The van der Waals surface area contributed by atoms with Gasteiger partial charge in [0.25, 0.3) is 5.91 Å². The highest BCUT2D eigenvalue weighted by Gasteiger charge is 2.08. The number of carbonyl (C=O) groups is 2. The summed E-state index contributed by atoms with van der Waals surface area (Å²) in [4.78, 5) is 24.4. The third-order valence-corrected chi connectivity index (χ3v) is 4.09. The van der Waals surface area contributed by atoms with Crippen LogP contribution in [0, 0.1) is 5.92 Å². The molecule has 2 rings (SSSR count). The molecule has 2 amide bonds. The molecule has 6 heteroatoms. The van der Waals surface area contributed by atoms with E-state index in [-0.39, 0.29) is 17.7 Å². The molecule has 1 heterocycles. The molecule has 1 aromatic carbocycles. The van der Waals surface area contributed by atoms with E-state index in [2.05, 4.69) is 15.8 Å². The van der Waals surface area contributed by atoms with E-state index in [1.807, 2.05) is 56.5 Å². The summed E-state index contributed by atoms with van der Waals surface area (Å²) in [6.45, 7) is 5.78. The SMILES string of the molecule is CC(=NNC(=O)CC(C)C)c1cccc(NC(=O)c2cccs2)c1. The van der Waals surface area contributed by atoms with Gasteiger partial charge < -0.3 is 5.32 Å². The average Bonchev–Trinajstić information content (AvgIpc) is 3.07. The quantitative estimate of drug-likeness (QED) is 0.617. The molecule has 5 nitrogen and oxygen atoms in total. The smallest absolute Gasteiger partial charge is 0.265 e. The number of rotatable bonds is 6. The van der Waals surface area contributed by atoms with Crippen LogP contribution in [0.3, 0.4) is 0 Å². The number of nitrogens with zero attached hydrogens (tertiary/aromatic N) is 1. The lowest BCUT2D eigenvalue weighted by Gasteiger charge is -2.07. The second kappa shape index (κ2) is 8.40. The van der Waals surface area contributed by atoms with Crippen LogP contribution < -0.4 is 10.7 Å². The lowest BCUT2D eigenvalue weighted by Crippen LogP contribution is -2.20. The Morgan fingerprint density at radius 2 is 2.00 bits per heavy atom. The van der Waals surface area contributed by atoms with E-state index in [9.17, 15) is 9.59 Å². The number of hydrazone groups is 1. The van der Waals surface area contributed by atoms with Gasteiger partial charge >= 0.3 is 0 Å².